The number of hydrogen-bond donors (Lipinski definition) is 1. The van der Waals surface area contributed by atoms with Crippen LogP contribution in [-0.2, 0) is 0 Å². The lowest BCUT2D eigenvalue weighted by Crippen LogP contribution is -1.92. The van der Waals surface area contributed by atoms with Crippen molar-refractivity contribution >= 4 is 27.8 Å². The number of hydrogen-bond acceptors (Lipinski definition) is 2. The Morgan fingerprint density at radius 1 is 1.12 bits per heavy atom. The molecular weight excluding hydrogens is 283 g/mol. The molecule has 2 nitrogen and oxygen atoms in total. The van der Waals surface area contributed by atoms with Gasteiger partial charge in [0.2, 0.25) is 0 Å². The molecule has 4 heteroatoms. The second-order valence-electron chi connectivity index (χ2n) is 3.40. The van der Waals surface area contributed by atoms with Crippen molar-refractivity contribution in [2.45, 2.75) is 0 Å². The van der Waals surface area contributed by atoms with Crippen molar-refractivity contribution in [3.05, 3.63) is 64.4 Å². The number of para-hydroxylation sites is 1. The SMILES string of the molecule is Fc1ccc(Br)cc1/C=N/Nc1ccccc1. The van der Waals surface area contributed by atoms with E-state index < -0.39 is 0 Å². The second-order valence-corrected chi connectivity index (χ2v) is 4.32. The first-order valence-corrected chi connectivity index (χ1v) is 5.84. The third-order valence-corrected chi connectivity index (χ3v) is 2.62. The average molecular weight is 293 g/mol. The molecule has 86 valence electrons. The molecule has 0 unspecified atom stereocenters. The Hall–Kier alpha value is -1.68. The van der Waals surface area contributed by atoms with E-state index in [2.05, 4.69) is 26.5 Å². The van der Waals surface area contributed by atoms with Crippen molar-refractivity contribution in [1.29, 1.82) is 0 Å². The van der Waals surface area contributed by atoms with Crippen molar-refractivity contribution < 1.29 is 4.39 Å². The first-order chi connectivity index (χ1) is 8.25. The van der Waals surface area contributed by atoms with Crippen molar-refractivity contribution in [2.75, 3.05) is 5.43 Å². The molecule has 0 heterocycles. The summed E-state index contributed by atoms with van der Waals surface area (Å²) in [4.78, 5) is 0. The van der Waals surface area contributed by atoms with Crippen LogP contribution >= 0.6 is 15.9 Å². The van der Waals surface area contributed by atoms with Crippen molar-refractivity contribution in [1.82, 2.24) is 0 Å². The fourth-order valence-corrected chi connectivity index (χ4v) is 1.68. The van der Waals surface area contributed by atoms with E-state index in [1.54, 1.807) is 12.1 Å². The van der Waals surface area contributed by atoms with E-state index in [1.807, 2.05) is 30.3 Å². The molecule has 2 rings (SSSR count). The quantitative estimate of drug-likeness (QED) is 0.670. The number of halogens is 2. The number of benzene rings is 2. The second kappa shape index (κ2) is 5.59. The van der Waals surface area contributed by atoms with Crippen LogP contribution in [0.3, 0.4) is 0 Å². The minimum atomic E-state index is -0.299. The standard InChI is InChI=1S/C13H10BrFN2/c14-11-6-7-13(15)10(8-11)9-16-17-12-4-2-1-3-5-12/h1-9,17H/b16-9+. The molecule has 0 radical (unpaired) electrons. The summed E-state index contributed by atoms with van der Waals surface area (Å²) in [6.07, 6.45) is 1.45. The van der Waals surface area contributed by atoms with Crippen molar-refractivity contribution in [3.63, 3.8) is 0 Å². The summed E-state index contributed by atoms with van der Waals surface area (Å²) in [5.74, 6) is -0.299. The van der Waals surface area contributed by atoms with Crippen molar-refractivity contribution in [3.8, 4) is 0 Å². The average Bonchev–Trinajstić information content (AvgIpc) is 2.35. The van der Waals surface area contributed by atoms with Gasteiger partial charge in [-0.05, 0) is 30.3 Å². The molecule has 2 aromatic carbocycles. The Morgan fingerprint density at radius 2 is 1.88 bits per heavy atom. The van der Waals surface area contributed by atoms with Crippen LogP contribution in [0.2, 0.25) is 0 Å². The highest BCUT2D eigenvalue weighted by molar-refractivity contribution is 9.10. The van der Waals surface area contributed by atoms with E-state index in [0.29, 0.717) is 5.56 Å². The number of rotatable bonds is 3. The van der Waals surface area contributed by atoms with Crippen LogP contribution in [0.5, 0.6) is 0 Å². The molecule has 1 N–H and O–H groups in total. The van der Waals surface area contributed by atoms with Gasteiger partial charge in [0, 0.05) is 10.0 Å². The lowest BCUT2D eigenvalue weighted by molar-refractivity contribution is 0.625. The summed E-state index contributed by atoms with van der Waals surface area (Å²) in [5, 5.41) is 3.98. The van der Waals surface area contributed by atoms with E-state index in [9.17, 15) is 4.39 Å². The van der Waals surface area contributed by atoms with Gasteiger partial charge in [-0.2, -0.15) is 5.10 Å². The third-order valence-electron chi connectivity index (χ3n) is 2.13. The van der Waals surface area contributed by atoms with Gasteiger partial charge in [-0.1, -0.05) is 34.1 Å². The van der Waals surface area contributed by atoms with Crippen LogP contribution in [0.25, 0.3) is 0 Å². The minimum Gasteiger partial charge on any atom is -0.279 e. The summed E-state index contributed by atoms with van der Waals surface area (Å²) < 4.78 is 14.2. The smallest absolute Gasteiger partial charge is 0.132 e. The summed E-state index contributed by atoms with van der Waals surface area (Å²) in [7, 11) is 0. The van der Waals surface area contributed by atoms with Crippen LogP contribution in [0.15, 0.2) is 58.1 Å². The lowest BCUT2D eigenvalue weighted by atomic mass is 10.2. The molecule has 0 aliphatic rings. The number of anilines is 1. The van der Waals surface area contributed by atoms with Crippen LogP contribution in [0.4, 0.5) is 10.1 Å². The predicted molar refractivity (Wildman–Crippen MR) is 71.8 cm³/mol. The van der Waals surface area contributed by atoms with Gasteiger partial charge in [-0.3, -0.25) is 5.43 Å². The van der Waals surface area contributed by atoms with E-state index in [0.717, 1.165) is 10.2 Å². The number of nitrogens with one attached hydrogen (secondary N) is 1. The van der Waals surface area contributed by atoms with Gasteiger partial charge in [0.05, 0.1) is 11.9 Å². The Kier molecular flexibility index (Phi) is 3.88. The largest absolute Gasteiger partial charge is 0.279 e. The third kappa shape index (κ3) is 3.39. The molecule has 0 spiro atoms. The van der Waals surface area contributed by atoms with Crippen LogP contribution in [-0.4, -0.2) is 6.21 Å². The first kappa shape index (κ1) is 11.8. The maximum Gasteiger partial charge on any atom is 0.132 e. The maximum atomic E-state index is 13.4. The van der Waals surface area contributed by atoms with Gasteiger partial charge in [-0.15, -0.1) is 0 Å². The van der Waals surface area contributed by atoms with Crippen LogP contribution in [0, 0.1) is 5.82 Å². The summed E-state index contributed by atoms with van der Waals surface area (Å²) in [5.41, 5.74) is 4.12. The van der Waals surface area contributed by atoms with Gasteiger partial charge in [0.1, 0.15) is 5.82 Å². The van der Waals surface area contributed by atoms with Crippen LogP contribution < -0.4 is 5.43 Å². The Bertz CT molecular complexity index is 526. The highest BCUT2D eigenvalue weighted by atomic mass is 79.9. The summed E-state index contributed by atoms with van der Waals surface area (Å²) in [6, 6.07) is 14.2. The molecule has 0 bridgehead atoms. The molecule has 0 atom stereocenters. The zero-order chi connectivity index (χ0) is 12.1. The highest BCUT2D eigenvalue weighted by Crippen LogP contribution is 2.14. The predicted octanol–water partition coefficient (Wildman–Crippen LogP) is 4.03. The zero-order valence-electron chi connectivity index (χ0n) is 8.90. The topological polar surface area (TPSA) is 24.4 Å². The number of hydrazone groups is 1. The van der Waals surface area contributed by atoms with E-state index in [-0.39, 0.29) is 5.82 Å². The molecule has 2 aromatic rings. The molecular formula is C13H10BrFN2. The molecule has 0 aromatic heterocycles. The zero-order valence-corrected chi connectivity index (χ0v) is 10.5. The lowest BCUT2D eigenvalue weighted by Gasteiger charge is -2.00. The maximum absolute atomic E-state index is 13.4. The molecule has 0 amide bonds. The first-order valence-electron chi connectivity index (χ1n) is 5.05. The monoisotopic (exact) mass is 292 g/mol. The Labute approximate surface area is 107 Å². The van der Waals surface area contributed by atoms with E-state index in [1.165, 1.54) is 12.3 Å². The Balaban J connectivity index is 2.08. The van der Waals surface area contributed by atoms with Gasteiger partial charge < -0.3 is 0 Å². The normalized spacial score (nSPS) is 10.7. The van der Waals surface area contributed by atoms with E-state index in [4.69, 9.17) is 0 Å². The molecule has 0 saturated heterocycles. The highest BCUT2D eigenvalue weighted by Gasteiger charge is 1.99. The molecule has 0 saturated carbocycles. The molecule has 0 fully saturated rings. The van der Waals surface area contributed by atoms with Gasteiger partial charge in [0.25, 0.3) is 0 Å². The molecule has 17 heavy (non-hydrogen) atoms. The molecule has 0 aliphatic carbocycles. The number of nitrogens with zero attached hydrogens (tertiary/aromatic N) is 1. The fourth-order valence-electron chi connectivity index (χ4n) is 1.30. The van der Waals surface area contributed by atoms with Gasteiger partial charge in [-0.25, -0.2) is 4.39 Å². The van der Waals surface area contributed by atoms with Gasteiger partial charge >= 0.3 is 0 Å². The van der Waals surface area contributed by atoms with Crippen molar-refractivity contribution in [2.24, 2.45) is 5.10 Å². The summed E-state index contributed by atoms with van der Waals surface area (Å²) >= 11 is 3.28. The fraction of sp³-hybridized carbons (Fsp3) is 0. The van der Waals surface area contributed by atoms with E-state index >= 15 is 0 Å². The Morgan fingerprint density at radius 3 is 2.65 bits per heavy atom. The molecule has 0 aliphatic heterocycles. The van der Waals surface area contributed by atoms with Gasteiger partial charge in [0.15, 0.2) is 0 Å². The summed E-state index contributed by atoms with van der Waals surface area (Å²) in [6.45, 7) is 0. The minimum absolute atomic E-state index is 0.299. The van der Waals surface area contributed by atoms with Crippen LogP contribution in [0.1, 0.15) is 5.56 Å².